The van der Waals surface area contributed by atoms with Crippen molar-refractivity contribution in [3.8, 4) is 0 Å². The predicted molar refractivity (Wildman–Crippen MR) is 81.9 cm³/mol. The zero-order chi connectivity index (χ0) is 15.8. The molecule has 2 aromatic heterocycles. The van der Waals surface area contributed by atoms with Crippen LogP contribution in [0.3, 0.4) is 0 Å². The number of piperidine rings is 1. The maximum atomic E-state index is 12.7. The van der Waals surface area contributed by atoms with Crippen molar-refractivity contribution in [2.45, 2.75) is 25.2 Å². The largest absolute Gasteiger partial charge is 0.373 e. The summed E-state index contributed by atoms with van der Waals surface area (Å²) in [5.41, 5.74) is 1.64. The number of amides is 1. The number of carbonyl (C=O) groups is 1. The molecule has 0 bridgehead atoms. The quantitative estimate of drug-likeness (QED) is 0.878. The van der Waals surface area contributed by atoms with Gasteiger partial charge in [-0.3, -0.25) is 4.79 Å². The number of nitrogens with zero attached hydrogens (tertiary/aromatic N) is 5. The van der Waals surface area contributed by atoms with Gasteiger partial charge in [0.1, 0.15) is 5.82 Å². The summed E-state index contributed by atoms with van der Waals surface area (Å²) >= 11 is 0. The number of aromatic nitrogens is 4. The van der Waals surface area contributed by atoms with E-state index in [1.165, 1.54) is 0 Å². The number of hydrogen-bond donors (Lipinski definition) is 1. The maximum Gasteiger partial charge on any atom is 0.254 e. The Morgan fingerprint density at radius 3 is 3.26 bits per heavy atom. The Hall–Kier alpha value is -2.48. The zero-order valence-corrected chi connectivity index (χ0v) is 12.8. The van der Waals surface area contributed by atoms with Crippen LogP contribution >= 0.6 is 0 Å². The molecular weight excluding hydrogens is 296 g/mol. The molecule has 0 radical (unpaired) electrons. The average molecular weight is 314 g/mol. The second kappa shape index (κ2) is 5.62. The van der Waals surface area contributed by atoms with E-state index in [0.717, 1.165) is 12.1 Å². The van der Waals surface area contributed by atoms with Crippen LogP contribution in [0.25, 0.3) is 0 Å². The molecule has 2 aromatic rings. The zero-order valence-electron chi connectivity index (χ0n) is 12.8. The van der Waals surface area contributed by atoms with Crippen LogP contribution in [-0.2, 0) is 11.3 Å². The molecule has 0 unspecified atom stereocenters. The third-order valence-electron chi connectivity index (χ3n) is 4.48. The maximum absolute atomic E-state index is 12.7. The third-order valence-corrected chi connectivity index (χ3v) is 4.48. The van der Waals surface area contributed by atoms with E-state index in [-0.39, 0.29) is 18.1 Å². The molecule has 4 heterocycles. The summed E-state index contributed by atoms with van der Waals surface area (Å²) in [5, 5.41) is 11.1. The highest BCUT2D eigenvalue weighted by Gasteiger charge is 2.37. The van der Waals surface area contributed by atoms with Gasteiger partial charge in [0.05, 0.1) is 30.6 Å². The first-order chi connectivity index (χ1) is 11.3. The normalized spacial score (nSPS) is 23.1. The standard InChI is InChI=1S/C15H18N6O2/c1-16-14-6-10(2-4-17-14)15(22)20-5-3-12-13(8-20)23-9-11-7-18-19-21(11)12/h2,4,6-7,12-13H,3,5,8-9H2,1H3,(H,16,17)/t12-,13-/m0/s1. The summed E-state index contributed by atoms with van der Waals surface area (Å²) in [7, 11) is 1.79. The Morgan fingerprint density at radius 2 is 2.39 bits per heavy atom. The van der Waals surface area contributed by atoms with Crippen LogP contribution in [0.15, 0.2) is 24.5 Å². The van der Waals surface area contributed by atoms with E-state index < -0.39 is 0 Å². The molecule has 23 heavy (non-hydrogen) atoms. The Kier molecular flexibility index (Phi) is 3.45. The molecule has 2 atom stereocenters. The fraction of sp³-hybridized carbons (Fsp3) is 0.467. The van der Waals surface area contributed by atoms with E-state index in [0.29, 0.717) is 31.1 Å². The molecule has 8 heteroatoms. The second-order valence-corrected chi connectivity index (χ2v) is 5.81. The fourth-order valence-corrected chi connectivity index (χ4v) is 3.25. The second-order valence-electron chi connectivity index (χ2n) is 5.81. The van der Waals surface area contributed by atoms with Crippen molar-refractivity contribution in [3.05, 3.63) is 35.8 Å². The molecule has 2 aliphatic rings. The minimum absolute atomic E-state index is 0.00957. The molecule has 1 amide bonds. The number of nitrogens with one attached hydrogen (secondary N) is 1. The van der Waals surface area contributed by atoms with Gasteiger partial charge in [0, 0.05) is 31.9 Å². The van der Waals surface area contributed by atoms with Crippen LogP contribution in [0.5, 0.6) is 0 Å². The summed E-state index contributed by atoms with van der Waals surface area (Å²) in [5.74, 6) is 0.697. The van der Waals surface area contributed by atoms with Gasteiger partial charge in [-0.2, -0.15) is 0 Å². The SMILES string of the molecule is CNc1cc(C(=O)N2CC[C@H]3[C@H](C2)OCc2cnnn23)ccn1. The molecule has 1 N–H and O–H groups in total. The minimum atomic E-state index is -0.0347. The summed E-state index contributed by atoms with van der Waals surface area (Å²) in [6.07, 6.45) is 4.17. The molecular formula is C15H18N6O2. The lowest BCUT2D eigenvalue weighted by molar-refractivity contribution is -0.0627. The van der Waals surface area contributed by atoms with Crippen molar-refractivity contribution in [2.75, 3.05) is 25.5 Å². The van der Waals surface area contributed by atoms with E-state index in [4.69, 9.17) is 4.74 Å². The Balaban J connectivity index is 1.51. The molecule has 2 aliphatic heterocycles. The van der Waals surface area contributed by atoms with Gasteiger partial charge < -0.3 is 15.0 Å². The van der Waals surface area contributed by atoms with Gasteiger partial charge in [-0.1, -0.05) is 5.21 Å². The number of hydrogen-bond acceptors (Lipinski definition) is 6. The monoisotopic (exact) mass is 314 g/mol. The predicted octanol–water partition coefficient (Wildman–Crippen LogP) is 0.701. The number of fused-ring (bicyclic) bond motifs is 3. The molecule has 0 aromatic carbocycles. The number of ether oxygens (including phenoxy) is 1. The molecule has 1 fully saturated rings. The van der Waals surface area contributed by atoms with Gasteiger partial charge in [0.25, 0.3) is 5.91 Å². The first-order valence-electron chi connectivity index (χ1n) is 7.70. The summed E-state index contributed by atoms with van der Waals surface area (Å²) in [6.45, 7) is 1.75. The van der Waals surface area contributed by atoms with Crippen molar-refractivity contribution in [1.82, 2.24) is 24.9 Å². The molecule has 120 valence electrons. The van der Waals surface area contributed by atoms with Crippen LogP contribution in [0.1, 0.15) is 28.5 Å². The van der Waals surface area contributed by atoms with Crippen LogP contribution < -0.4 is 5.32 Å². The van der Waals surface area contributed by atoms with Crippen LogP contribution in [0.2, 0.25) is 0 Å². The third kappa shape index (κ3) is 2.44. The molecule has 0 aliphatic carbocycles. The van der Waals surface area contributed by atoms with Gasteiger partial charge in [-0.05, 0) is 18.6 Å². The fourth-order valence-electron chi connectivity index (χ4n) is 3.25. The molecule has 8 nitrogen and oxygen atoms in total. The van der Waals surface area contributed by atoms with Crippen molar-refractivity contribution < 1.29 is 9.53 Å². The summed E-state index contributed by atoms with van der Waals surface area (Å²) in [4.78, 5) is 18.7. The Morgan fingerprint density at radius 1 is 1.48 bits per heavy atom. The highest BCUT2D eigenvalue weighted by atomic mass is 16.5. The number of likely N-dealkylation sites (tertiary alicyclic amines) is 1. The first-order valence-corrected chi connectivity index (χ1v) is 7.70. The van der Waals surface area contributed by atoms with Gasteiger partial charge in [-0.25, -0.2) is 9.67 Å². The minimum Gasteiger partial charge on any atom is -0.373 e. The average Bonchev–Trinajstić information content (AvgIpc) is 3.09. The lowest BCUT2D eigenvalue weighted by atomic mass is 9.99. The van der Waals surface area contributed by atoms with Crippen molar-refractivity contribution in [3.63, 3.8) is 0 Å². The number of anilines is 1. The van der Waals surface area contributed by atoms with Crippen LogP contribution in [0, 0.1) is 0 Å². The topological polar surface area (TPSA) is 85.2 Å². The molecule has 1 saturated heterocycles. The molecule has 0 spiro atoms. The summed E-state index contributed by atoms with van der Waals surface area (Å²) < 4.78 is 7.85. The van der Waals surface area contributed by atoms with Crippen molar-refractivity contribution in [2.24, 2.45) is 0 Å². The van der Waals surface area contributed by atoms with Gasteiger partial charge in [-0.15, -0.1) is 5.10 Å². The van der Waals surface area contributed by atoms with Gasteiger partial charge >= 0.3 is 0 Å². The van der Waals surface area contributed by atoms with Crippen molar-refractivity contribution in [1.29, 1.82) is 0 Å². The number of rotatable bonds is 2. The Labute approximate surface area is 133 Å². The van der Waals surface area contributed by atoms with E-state index in [2.05, 4.69) is 20.6 Å². The van der Waals surface area contributed by atoms with Crippen LogP contribution in [-0.4, -0.2) is 57.0 Å². The van der Waals surface area contributed by atoms with E-state index >= 15 is 0 Å². The number of carbonyl (C=O) groups excluding carboxylic acids is 1. The van der Waals surface area contributed by atoms with E-state index in [1.807, 2.05) is 9.58 Å². The number of pyridine rings is 1. The first kappa shape index (κ1) is 14.1. The van der Waals surface area contributed by atoms with E-state index in [1.54, 1.807) is 31.6 Å². The smallest absolute Gasteiger partial charge is 0.254 e. The van der Waals surface area contributed by atoms with Crippen molar-refractivity contribution >= 4 is 11.7 Å². The lowest BCUT2D eigenvalue weighted by Crippen LogP contribution is -2.50. The van der Waals surface area contributed by atoms with Gasteiger partial charge in [0.15, 0.2) is 0 Å². The van der Waals surface area contributed by atoms with Crippen LogP contribution in [0.4, 0.5) is 5.82 Å². The lowest BCUT2D eigenvalue weighted by Gasteiger charge is -2.41. The highest BCUT2D eigenvalue weighted by molar-refractivity contribution is 5.94. The highest BCUT2D eigenvalue weighted by Crippen LogP contribution is 2.31. The summed E-state index contributed by atoms with van der Waals surface area (Å²) in [6, 6.07) is 3.67. The van der Waals surface area contributed by atoms with Gasteiger partial charge in [0.2, 0.25) is 0 Å². The van der Waals surface area contributed by atoms with E-state index in [9.17, 15) is 4.79 Å². The molecule has 4 rings (SSSR count). The Bertz CT molecular complexity index is 730. The molecule has 0 saturated carbocycles.